The van der Waals surface area contributed by atoms with Crippen LogP contribution in [0.25, 0.3) is 0 Å². The van der Waals surface area contributed by atoms with Crippen molar-refractivity contribution in [1.29, 1.82) is 0 Å². The Bertz CT molecular complexity index is 1330. The number of aryl methyl sites for hydroxylation is 1. The molecule has 2 aromatic carbocycles. The smallest absolute Gasteiger partial charge is 0.417 e. The van der Waals surface area contributed by atoms with E-state index >= 15 is 0 Å². The molecule has 8 nitrogen and oxygen atoms in total. The zero-order valence-electron chi connectivity index (χ0n) is 19.6. The number of ether oxygens (including phenoxy) is 1. The number of hydrogen-bond acceptors (Lipinski definition) is 6. The van der Waals surface area contributed by atoms with E-state index in [0.717, 1.165) is 12.1 Å². The largest absolute Gasteiger partial charge is 0.438 e. The van der Waals surface area contributed by atoms with Gasteiger partial charge in [-0.05, 0) is 62.0 Å². The van der Waals surface area contributed by atoms with E-state index < -0.39 is 45.7 Å². The first-order valence-electron chi connectivity index (χ1n) is 10.7. The number of benzene rings is 2. The van der Waals surface area contributed by atoms with Crippen molar-refractivity contribution in [1.82, 2.24) is 15.6 Å². The molecule has 3 rings (SSSR count). The van der Waals surface area contributed by atoms with Crippen LogP contribution in [0.5, 0.6) is 11.6 Å². The van der Waals surface area contributed by atoms with Gasteiger partial charge in [-0.3, -0.25) is 13.8 Å². The Kier molecular flexibility index (Phi) is 8.95. The predicted octanol–water partition coefficient (Wildman–Crippen LogP) is 3.99. The fourth-order valence-electron chi connectivity index (χ4n) is 3.05. The summed E-state index contributed by atoms with van der Waals surface area (Å²) in [5.41, 5.74) is -1.22. The number of carbonyl (C=O) groups is 2. The second-order valence-electron chi connectivity index (χ2n) is 7.69. The number of likely N-dealkylation sites (N-methyl/N-ethyl adjacent to an activating group) is 1. The molecule has 1 unspecified atom stereocenters. The van der Waals surface area contributed by atoms with Crippen LogP contribution in [-0.4, -0.2) is 40.5 Å². The lowest BCUT2D eigenvalue weighted by Crippen LogP contribution is -2.34. The highest BCUT2D eigenvalue weighted by Crippen LogP contribution is 2.33. The lowest BCUT2D eigenvalue weighted by Gasteiger charge is -2.15. The summed E-state index contributed by atoms with van der Waals surface area (Å²) in [6, 6.07) is 9.92. The van der Waals surface area contributed by atoms with Crippen LogP contribution < -0.4 is 20.7 Å². The molecule has 1 atom stereocenters. The van der Waals surface area contributed by atoms with E-state index in [-0.39, 0.29) is 34.7 Å². The second kappa shape index (κ2) is 11.9. The van der Waals surface area contributed by atoms with Crippen LogP contribution in [0.3, 0.4) is 0 Å². The van der Waals surface area contributed by atoms with E-state index in [0.29, 0.717) is 17.8 Å². The summed E-state index contributed by atoms with van der Waals surface area (Å²) < 4.78 is 71.5. The molecule has 0 bridgehead atoms. The molecule has 3 aromatic rings. The van der Waals surface area contributed by atoms with Crippen molar-refractivity contribution in [2.45, 2.75) is 18.0 Å². The maximum Gasteiger partial charge on any atom is 0.417 e. The van der Waals surface area contributed by atoms with Crippen LogP contribution in [-0.2, 0) is 21.8 Å². The van der Waals surface area contributed by atoms with Gasteiger partial charge in [0.05, 0.1) is 28.8 Å². The lowest BCUT2D eigenvalue weighted by atomic mass is 10.1. The minimum Gasteiger partial charge on any atom is -0.438 e. The SMILES string of the molecule is CNCC(=O)NCS(=O)c1cccc(NC(=O)c2cc(C(F)(F)F)cnc2Oc2ccc(F)cc2C)c1. The third kappa shape index (κ3) is 7.57. The van der Waals surface area contributed by atoms with Crippen molar-refractivity contribution in [2.24, 2.45) is 0 Å². The summed E-state index contributed by atoms with van der Waals surface area (Å²) >= 11 is 0. The van der Waals surface area contributed by atoms with Crippen LogP contribution in [0.1, 0.15) is 21.5 Å². The molecule has 1 aromatic heterocycles. The van der Waals surface area contributed by atoms with Gasteiger partial charge in [-0.2, -0.15) is 13.2 Å². The number of alkyl halides is 3. The molecule has 2 amide bonds. The minimum absolute atomic E-state index is 0.0418. The molecule has 13 heteroatoms. The van der Waals surface area contributed by atoms with Crippen LogP contribution in [0.2, 0.25) is 0 Å². The number of pyridine rings is 1. The maximum absolute atomic E-state index is 13.4. The van der Waals surface area contributed by atoms with Crippen molar-refractivity contribution >= 4 is 28.3 Å². The van der Waals surface area contributed by atoms with Gasteiger partial charge in [0.2, 0.25) is 11.8 Å². The lowest BCUT2D eigenvalue weighted by molar-refractivity contribution is -0.137. The summed E-state index contributed by atoms with van der Waals surface area (Å²) in [4.78, 5) is 28.5. The van der Waals surface area contributed by atoms with Gasteiger partial charge in [0.1, 0.15) is 17.1 Å². The zero-order valence-corrected chi connectivity index (χ0v) is 20.4. The normalized spacial score (nSPS) is 12.1. The number of rotatable bonds is 9. The molecule has 0 aliphatic carbocycles. The summed E-state index contributed by atoms with van der Waals surface area (Å²) in [5.74, 6) is -2.38. The molecule has 3 N–H and O–H groups in total. The van der Waals surface area contributed by atoms with Gasteiger partial charge in [-0.25, -0.2) is 9.37 Å². The number of nitrogens with one attached hydrogen (secondary N) is 3. The van der Waals surface area contributed by atoms with E-state index in [1.54, 1.807) is 7.05 Å². The van der Waals surface area contributed by atoms with Crippen molar-refractivity contribution in [3.8, 4) is 11.6 Å². The van der Waals surface area contributed by atoms with Crippen LogP contribution in [0.4, 0.5) is 23.2 Å². The van der Waals surface area contributed by atoms with Crippen molar-refractivity contribution in [3.05, 3.63) is 77.2 Å². The Balaban J connectivity index is 1.86. The Hall–Kier alpha value is -3.84. The zero-order chi connectivity index (χ0) is 27.2. The van der Waals surface area contributed by atoms with Crippen LogP contribution in [0, 0.1) is 12.7 Å². The third-order valence-corrected chi connectivity index (χ3v) is 6.05. The summed E-state index contributed by atoms with van der Waals surface area (Å²) in [6.07, 6.45) is -4.25. The van der Waals surface area contributed by atoms with E-state index in [1.165, 1.54) is 37.3 Å². The number of nitrogens with zero attached hydrogens (tertiary/aromatic N) is 1. The molecular weight excluding hydrogens is 516 g/mol. The van der Waals surface area contributed by atoms with Gasteiger partial charge in [0, 0.05) is 16.8 Å². The van der Waals surface area contributed by atoms with E-state index in [1.807, 2.05) is 0 Å². The van der Waals surface area contributed by atoms with Crippen LogP contribution >= 0.6 is 0 Å². The first-order chi connectivity index (χ1) is 17.5. The Labute approximate surface area is 211 Å². The van der Waals surface area contributed by atoms with Crippen LogP contribution in [0.15, 0.2) is 59.6 Å². The molecule has 0 radical (unpaired) electrons. The monoisotopic (exact) mass is 538 g/mol. The van der Waals surface area contributed by atoms with E-state index in [2.05, 4.69) is 20.9 Å². The summed E-state index contributed by atoms with van der Waals surface area (Å²) in [7, 11) is -0.0724. The summed E-state index contributed by atoms with van der Waals surface area (Å²) in [6.45, 7) is 1.56. The molecule has 37 heavy (non-hydrogen) atoms. The number of amides is 2. The molecular formula is C24H22F4N4O4S. The molecule has 0 aliphatic heterocycles. The first-order valence-corrected chi connectivity index (χ1v) is 12.0. The molecule has 0 aliphatic rings. The number of hydrogen-bond donors (Lipinski definition) is 3. The Morgan fingerprint density at radius 1 is 1.11 bits per heavy atom. The predicted molar refractivity (Wildman–Crippen MR) is 128 cm³/mol. The van der Waals surface area contributed by atoms with Crippen molar-refractivity contribution in [2.75, 3.05) is 24.8 Å². The molecule has 0 spiro atoms. The number of halogens is 4. The fraction of sp³-hybridized carbons (Fsp3) is 0.208. The molecule has 196 valence electrons. The number of anilines is 1. The highest BCUT2D eigenvalue weighted by molar-refractivity contribution is 7.85. The first kappa shape index (κ1) is 27.7. The third-order valence-electron chi connectivity index (χ3n) is 4.86. The highest BCUT2D eigenvalue weighted by Gasteiger charge is 2.33. The number of aromatic nitrogens is 1. The molecule has 0 fully saturated rings. The fourth-order valence-corrected chi connectivity index (χ4v) is 4.00. The van der Waals surface area contributed by atoms with E-state index in [4.69, 9.17) is 4.74 Å². The van der Waals surface area contributed by atoms with Gasteiger partial charge in [0.25, 0.3) is 5.91 Å². The average molecular weight is 539 g/mol. The minimum atomic E-state index is -4.78. The van der Waals surface area contributed by atoms with E-state index in [9.17, 15) is 31.4 Å². The molecule has 0 saturated heterocycles. The number of carbonyl (C=O) groups excluding carboxylic acids is 2. The van der Waals surface area contributed by atoms with Crippen molar-refractivity contribution < 1.29 is 36.1 Å². The second-order valence-corrected chi connectivity index (χ2v) is 9.14. The van der Waals surface area contributed by atoms with Gasteiger partial charge in [0.15, 0.2) is 0 Å². The van der Waals surface area contributed by atoms with Gasteiger partial charge in [-0.1, -0.05) is 6.07 Å². The van der Waals surface area contributed by atoms with Gasteiger partial charge < -0.3 is 20.7 Å². The quantitative estimate of drug-likeness (QED) is 0.356. The van der Waals surface area contributed by atoms with Gasteiger partial charge >= 0.3 is 6.18 Å². The maximum atomic E-state index is 13.4. The topological polar surface area (TPSA) is 109 Å². The average Bonchev–Trinajstić information content (AvgIpc) is 2.84. The highest BCUT2D eigenvalue weighted by atomic mass is 32.2. The molecule has 1 heterocycles. The Morgan fingerprint density at radius 2 is 1.86 bits per heavy atom. The summed E-state index contributed by atoms with van der Waals surface area (Å²) in [5, 5.41) is 7.59. The van der Waals surface area contributed by atoms with Gasteiger partial charge in [-0.15, -0.1) is 0 Å². The Morgan fingerprint density at radius 3 is 2.54 bits per heavy atom. The standard InChI is InChI=1S/C24H22F4N4O4S/c1-14-8-16(25)6-7-20(14)36-23-19(9-15(11-30-23)24(26,27)28)22(34)32-17-4-3-5-18(10-17)37(35)13-31-21(33)12-29-2/h3-11,29H,12-13H2,1-2H3,(H,31,33)(H,32,34). The molecule has 0 saturated carbocycles. The van der Waals surface area contributed by atoms with Crippen molar-refractivity contribution in [3.63, 3.8) is 0 Å².